The summed E-state index contributed by atoms with van der Waals surface area (Å²) in [5.74, 6) is -1.65. The van der Waals surface area contributed by atoms with Crippen LogP contribution in [0.15, 0.2) is 12.1 Å². The summed E-state index contributed by atoms with van der Waals surface area (Å²) in [6, 6.07) is 2.01. The van der Waals surface area contributed by atoms with E-state index in [0.717, 1.165) is 12.1 Å². The highest BCUT2D eigenvalue weighted by molar-refractivity contribution is 5.92. The molecule has 0 saturated carbocycles. The van der Waals surface area contributed by atoms with Gasteiger partial charge in [-0.15, -0.1) is 0 Å². The third-order valence-corrected chi connectivity index (χ3v) is 2.29. The molecule has 2 N–H and O–H groups in total. The minimum Gasteiger partial charge on any atom is -0.383 e. The minimum absolute atomic E-state index is 0.0122. The van der Waals surface area contributed by atoms with Crippen molar-refractivity contribution < 1.29 is 18.3 Å². The van der Waals surface area contributed by atoms with Crippen LogP contribution in [0.3, 0.4) is 0 Å². The molecule has 0 spiro atoms. The number of methoxy groups -OCH3 is 1. The van der Waals surface area contributed by atoms with Crippen molar-refractivity contribution in [3.05, 3.63) is 29.3 Å². The van der Waals surface area contributed by atoms with E-state index in [1.54, 1.807) is 7.11 Å². The third kappa shape index (κ3) is 4.38. The Kier molecular flexibility index (Phi) is 5.67. The van der Waals surface area contributed by atoms with Crippen LogP contribution in [-0.4, -0.2) is 32.7 Å². The second kappa shape index (κ2) is 7.03. The Morgan fingerprint density at radius 2 is 2.06 bits per heavy atom. The first-order valence-corrected chi connectivity index (χ1v) is 5.49. The first kappa shape index (κ1) is 14.5. The van der Waals surface area contributed by atoms with Gasteiger partial charge in [-0.3, -0.25) is 4.79 Å². The van der Waals surface area contributed by atoms with E-state index in [1.807, 2.05) is 0 Å². The number of carbonyl (C=O) groups excluding carboxylic acids is 1. The van der Waals surface area contributed by atoms with Crippen LogP contribution >= 0.6 is 0 Å². The number of nitrogens with one attached hydrogen (secondary N) is 2. The highest BCUT2D eigenvalue weighted by Crippen LogP contribution is 2.18. The Balaban J connectivity index is 2.51. The molecule has 100 valence electrons. The second-order valence-electron chi connectivity index (χ2n) is 3.80. The summed E-state index contributed by atoms with van der Waals surface area (Å²) in [5, 5.41) is 5.10. The third-order valence-electron chi connectivity index (χ3n) is 2.29. The van der Waals surface area contributed by atoms with Gasteiger partial charge in [-0.05, 0) is 18.6 Å². The summed E-state index contributed by atoms with van der Waals surface area (Å²) < 4.78 is 31.4. The first-order valence-electron chi connectivity index (χ1n) is 5.49. The van der Waals surface area contributed by atoms with Crippen LogP contribution in [0.2, 0.25) is 0 Å². The molecule has 6 heteroatoms. The van der Waals surface area contributed by atoms with E-state index in [-0.39, 0.29) is 17.8 Å². The van der Waals surface area contributed by atoms with Crippen LogP contribution in [0.5, 0.6) is 0 Å². The van der Waals surface area contributed by atoms with Crippen molar-refractivity contribution in [2.24, 2.45) is 0 Å². The van der Waals surface area contributed by atoms with Crippen LogP contribution < -0.4 is 10.6 Å². The average molecular weight is 258 g/mol. The van der Waals surface area contributed by atoms with Gasteiger partial charge >= 0.3 is 0 Å². The molecule has 0 heterocycles. The molecular formula is C12H16F2N2O2. The van der Waals surface area contributed by atoms with Gasteiger partial charge in [0.25, 0.3) is 0 Å². The van der Waals surface area contributed by atoms with Gasteiger partial charge in [0.2, 0.25) is 5.91 Å². The maximum Gasteiger partial charge on any atom is 0.238 e. The van der Waals surface area contributed by atoms with Crippen LogP contribution in [0.25, 0.3) is 0 Å². The summed E-state index contributed by atoms with van der Waals surface area (Å²) >= 11 is 0. The number of rotatable bonds is 6. The van der Waals surface area contributed by atoms with E-state index in [9.17, 15) is 13.6 Å². The zero-order valence-corrected chi connectivity index (χ0v) is 10.3. The quantitative estimate of drug-likeness (QED) is 0.759. The van der Waals surface area contributed by atoms with E-state index >= 15 is 0 Å². The van der Waals surface area contributed by atoms with Gasteiger partial charge in [-0.2, -0.15) is 0 Å². The Morgan fingerprint density at radius 3 is 2.72 bits per heavy atom. The largest absolute Gasteiger partial charge is 0.383 e. The van der Waals surface area contributed by atoms with Gasteiger partial charge in [0, 0.05) is 19.7 Å². The first-order chi connectivity index (χ1) is 8.54. The summed E-state index contributed by atoms with van der Waals surface area (Å²) in [7, 11) is 1.55. The standard InChI is InChI=1S/C12H16F2N2O2/c1-8-5-10(14)11(6-9(8)13)16-12(17)7-15-3-4-18-2/h5-6,15H,3-4,7H2,1-2H3,(H,16,17). The molecule has 0 radical (unpaired) electrons. The predicted molar refractivity (Wildman–Crippen MR) is 64.5 cm³/mol. The van der Waals surface area contributed by atoms with Gasteiger partial charge in [0.15, 0.2) is 0 Å². The topological polar surface area (TPSA) is 50.4 Å². The molecule has 1 rings (SSSR count). The summed E-state index contributed by atoms with van der Waals surface area (Å²) in [6.07, 6.45) is 0. The lowest BCUT2D eigenvalue weighted by Gasteiger charge is -2.08. The molecule has 0 unspecified atom stereocenters. The van der Waals surface area contributed by atoms with Gasteiger partial charge in [0.1, 0.15) is 11.6 Å². The maximum atomic E-state index is 13.4. The van der Waals surface area contributed by atoms with Gasteiger partial charge in [-0.1, -0.05) is 0 Å². The molecule has 1 aromatic rings. The monoisotopic (exact) mass is 258 g/mol. The number of ether oxygens (including phenoxy) is 1. The molecule has 0 aromatic heterocycles. The minimum atomic E-state index is -0.654. The molecule has 1 amide bonds. The zero-order chi connectivity index (χ0) is 13.5. The van der Waals surface area contributed by atoms with Crippen LogP contribution in [0, 0.1) is 18.6 Å². The van der Waals surface area contributed by atoms with E-state index in [1.165, 1.54) is 6.92 Å². The van der Waals surface area contributed by atoms with E-state index in [4.69, 9.17) is 4.74 Å². The fraction of sp³-hybridized carbons (Fsp3) is 0.417. The number of anilines is 1. The molecule has 0 aliphatic carbocycles. The number of amides is 1. The Bertz CT molecular complexity index is 425. The molecule has 18 heavy (non-hydrogen) atoms. The lowest BCUT2D eigenvalue weighted by molar-refractivity contribution is -0.115. The van der Waals surface area contributed by atoms with Crippen LogP contribution in [0.4, 0.5) is 14.5 Å². The number of hydrogen-bond donors (Lipinski definition) is 2. The highest BCUT2D eigenvalue weighted by atomic mass is 19.1. The van der Waals surface area contributed by atoms with E-state index in [2.05, 4.69) is 10.6 Å². The van der Waals surface area contributed by atoms with Gasteiger partial charge in [0.05, 0.1) is 18.8 Å². The summed E-state index contributed by atoms with van der Waals surface area (Å²) in [6.45, 7) is 2.45. The fourth-order valence-electron chi connectivity index (χ4n) is 1.31. The van der Waals surface area contributed by atoms with Gasteiger partial charge < -0.3 is 15.4 Å². The zero-order valence-electron chi connectivity index (χ0n) is 10.3. The lowest BCUT2D eigenvalue weighted by Crippen LogP contribution is -2.30. The molecule has 4 nitrogen and oxygen atoms in total. The Labute approximate surface area is 104 Å². The smallest absolute Gasteiger partial charge is 0.238 e. The normalized spacial score (nSPS) is 10.4. The number of benzene rings is 1. The average Bonchev–Trinajstić information content (AvgIpc) is 2.32. The second-order valence-corrected chi connectivity index (χ2v) is 3.80. The Hall–Kier alpha value is -1.53. The fourth-order valence-corrected chi connectivity index (χ4v) is 1.31. The lowest BCUT2D eigenvalue weighted by atomic mass is 10.2. The van der Waals surface area contributed by atoms with Crippen molar-refractivity contribution >= 4 is 11.6 Å². The number of halogens is 2. The van der Waals surface area contributed by atoms with Crippen molar-refractivity contribution in [3.8, 4) is 0 Å². The van der Waals surface area contributed by atoms with Crippen LogP contribution in [-0.2, 0) is 9.53 Å². The molecule has 0 atom stereocenters. The molecule has 0 fully saturated rings. The number of carbonyl (C=O) groups is 1. The number of aryl methyl sites for hydroxylation is 1. The molecule has 1 aromatic carbocycles. The van der Waals surface area contributed by atoms with Crippen molar-refractivity contribution in [2.75, 3.05) is 32.1 Å². The summed E-state index contributed by atoms with van der Waals surface area (Å²) in [4.78, 5) is 11.4. The predicted octanol–water partition coefficient (Wildman–Crippen LogP) is 1.45. The van der Waals surface area contributed by atoms with Gasteiger partial charge in [-0.25, -0.2) is 8.78 Å². The molecule has 0 aliphatic heterocycles. The van der Waals surface area contributed by atoms with Crippen LogP contribution in [0.1, 0.15) is 5.56 Å². The molecule has 0 bridgehead atoms. The van der Waals surface area contributed by atoms with Crippen molar-refractivity contribution in [2.45, 2.75) is 6.92 Å². The molecule has 0 saturated heterocycles. The van der Waals surface area contributed by atoms with E-state index in [0.29, 0.717) is 13.2 Å². The highest BCUT2D eigenvalue weighted by Gasteiger charge is 2.10. The number of hydrogen-bond acceptors (Lipinski definition) is 3. The SMILES string of the molecule is COCCNCC(=O)Nc1cc(F)c(C)cc1F. The van der Waals surface area contributed by atoms with Crippen molar-refractivity contribution in [1.82, 2.24) is 5.32 Å². The van der Waals surface area contributed by atoms with Crippen molar-refractivity contribution in [3.63, 3.8) is 0 Å². The Morgan fingerprint density at radius 1 is 1.33 bits per heavy atom. The summed E-state index contributed by atoms with van der Waals surface area (Å²) in [5.41, 5.74) is 0.0420. The molecular weight excluding hydrogens is 242 g/mol. The maximum absolute atomic E-state index is 13.4. The van der Waals surface area contributed by atoms with E-state index < -0.39 is 17.5 Å². The van der Waals surface area contributed by atoms with Crippen molar-refractivity contribution in [1.29, 1.82) is 0 Å². The molecule has 0 aliphatic rings.